The summed E-state index contributed by atoms with van der Waals surface area (Å²) in [5.41, 5.74) is 5.48. The third-order valence-electron chi connectivity index (χ3n) is 2.00. The van der Waals surface area contributed by atoms with E-state index in [1.807, 2.05) is 0 Å². The summed E-state index contributed by atoms with van der Waals surface area (Å²) >= 11 is 0. The van der Waals surface area contributed by atoms with Gasteiger partial charge < -0.3 is 0 Å². The van der Waals surface area contributed by atoms with Crippen LogP contribution in [0.1, 0.15) is 12.5 Å². The number of rotatable bonds is 4. The topological polar surface area (TPSA) is 104 Å². The Balaban J connectivity index is 2.61. The van der Waals surface area contributed by atoms with E-state index in [1.165, 1.54) is 19.1 Å². The quantitative estimate of drug-likeness (QED) is 0.547. The Kier molecular flexibility index (Phi) is 5.27. The van der Waals surface area contributed by atoms with E-state index in [2.05, 4.69) is 15.6 Å². The lowest BCUT2D eigenvalue weighted by Gasteiger charge is -2.03. The molecule has 1 aromatic rings. The predicted molar refractivity (Wildman–Crippen MR) is 75.9 cm³/mol. The fourth-order valence-electron chi connectivity index (χ4n) is 1.24. The fraction of sp³-hybridized carbons (Fsp3) is 0.167. The highest BCUT2D eigenvalue weighted by Crippen LogP contribution is 2.11. The number of amides is 2. The van der Waals surface area contributed by atoms with Crippen LogP contribution in [0.5, 0.6) is 0 Å². The van der Waals surface area contributed by atoms with Crippen molar-refractivity contribution in [3.05, 3.63) is 35.9 Å². The van der Waals surface area contributed by atoms with Gasteiger partial charge in [-0.05, 0) is 23.8 Å². The van der Waals surface area contributed by atoms with E-state index in [-0.39, 0.29) is 5.91 Å². The number of nitrogens with one attached hydrogen (secondary N) is 3. The van der Waals surface area contributed by atoms with E-state index in [0.29, 0.717) is 11.3 Å². The van der Waals surface area contributed by atoms with Gasteiger partial charge in [-0.15, -0.1) is 0 Å². The van der Waals surface area contributed by atoms with E-state index in [9.17, 15) is 18.0 Å². The molecule has 2 amide bonds. The smallest absolute Gasteiger partial charge is 0.262 e. The van der Waals surface area contributed by atoms with Crippen LogP contribution in [0.3, 0.4) is 0 Å². The summed E-state index contributed by atoms with van der Waals surface area (Å²) in [4.78, 5) is 21.8. The number of benzene rings is 1. The average molecular weight is 297 g/mol. The molecule has 3 N–H and O–H groups in total. The Bertz CT molecular complexity index is 621. The lowest BCUT2D eigenvalue weighted by molar-refractivity contribution is -0.125. The molecule has 108 valence electrons. The molecule has 0 saturated carbocycles. The summed E-state index contributed by atoms with van der Waals surface area (Å²) in [5.74, 6) is -0.846. The highest BCUT2D eigenvalue weighted by atomic mass is 32.2. The first-order chi connectivity index (χ1) is 9.26. The van der Waals surface area contributed by atoms with Crippen molar-refractivity contribution in [1.82, 2.24) is 10.9 Å². The van der Waals surface area contributed by atoms with Crippen molar-refractivity contribution in [3.63, 3.8) is 0 Å². The molecule has 1 rings (SSSR count). The highest BCUT2D eigenvalue weighted by Gasteiger charge is 2.01. The van der Waals surface area contributed by atoms with Crippen LogP contribution in [0.15, 0.2) is 30.3 Å². The van der Waals surface area contributed by atoms with Crippen LogP contribution in [0, 0.1) is 0 Å². The molecule has 0 unspecified atom stereocenters. The Morgan fingerprint density at radius 1 is 1.10 bits per heavy atom. The van der Waals surface area contributed by atoms with Crippen LogP contribution in [-0.2, 0) is 19.6 Å². The largest absolute Gasteiger partial charge is 0.284 e. The molecule has 0 aliphatic carbocycles. The summed E-state index contributed by atoms with van der Waals surface area (Å²) in [6, 6.07) is 6.45. The molecule has 0 fully saturated rings. The number of hydrogen-bond acceptors (Lipinski definition) is 4. The molecule has 8 heteroatoms. The zero-order valence-corrected chi connectivity index (χ0v) is 11.8. The Morgan fingerprint density at radius 2 is 1.70 bits per heavy atom. The van der Waals surface area contributed by atoms with Gasteiger partial charge in [-0.25, -0.2) is 8.42 Å². The van der Waals surface area contributed by atoms with Crippen molar-refractivity contribution < 1.29 is 18.0 Å². The van der Waals surface area contributed by atoms with Crippen LogP contribution in [-0.4, -0.2) is 26.5 Å². The maximum Gasteiger partial charge on any atom is 0.262 e. The molecule has 0 spiro atoms. The van der Waals surface area contributed by atoms with Crippen molar-refractivity contribution >= 4 is 33.6 Å². The monoisotopic (exact) mass is 297 g/mol. The normalized spacial score (nSPS) is 11.1. The number of hydrazine groups is 1. The lowest BCUT2D eigenvalue weighted by atomic mass is 10.2. The number of anilines is 1. The van der Waals surface area contributed by atoms with Gasteiger partial charge >= 0.3 is 0 Å². The van der Waals surface area contributed by atoms with E-state index in [0.717, 1.165) is 6.26 Å². The summed E-state index contributed by atoms with van der Waals surface area (Å²) < 4.78 is 24.4. The molecule has 0 heterocycles. The molecule has 0 aromatic heterocycles. The summed E-state index contributed by atoms with van der Waals surface area (Å²) in [6.45, 7) is 1.28. The van der Waals surface area contributed by atoms with Gasteiger partial charge in [0.05, 0.1) is 6.26 Å². The van der Waals surface area contributed by atoms with Crippen molar-refractivity contribution in [3.8, 4) is 0 Å². The number of carbonyl (C=O) groups is 2. The summed E-state index contributed by atoms with van der Waals surface area (Å²) in [7, 11) is -3.30. The van der Waals surface area contributed by atoms with Crippen LogP contribution in [0.4, 0.5) is 5.69 Å². The van der Waals surface area contributed by atoms with E-state index in [1.54, 1.807) is 24.3 Å². The number of carbonyl (C=O) groups excluding carboxylic acids is 2. The van der Waals surface area contributed by atoms with E-state index >= 15 is 0 Å². The number of sulfonamides is 1. The summed E-state index contributed by atoms with van der Waals surface area (Å²) in [6.07, 6.45) is 3.84. The molecular weight excluding hydrogens is 282 g/mol. The van der Waals surface area contributed by atoms with Crippen molar-refractivity contribution in [2.45, 2.75) is 6.92 Å². The summed E-state index contributed by atoms with van der Waals surface area (Å²) in [5, 5.41) is 0. The Morgan fingerprint density at radius 3 is 2.20 bits per heavy atom. The molecule has 1 aromatic carbocycles. The molecule has 0 saturated heterocycles. The van der Waals surface area contributed by atoms with Gasteiger partial charge in [0.15, 0.2) is 0 Å². The average Bonchev–Trinajstić information content (AvgIpc) is 2.33. The standard InChI is InChI=1S/C12H15N3O4S/c1-9(16)13-14-12(17)8-5-10-3-6-11(7-4-10)15-20(2,18)19/h3-8,15H,1-2H3,(H,13,16)(H,14,17)/b8-5+. The van der Waals surface area contributed by atoms with Crippen molar-refractivity contribution in [2.24, 2.45) is 0 Å². The van der Waals surface area contributed by atoms with Crippen LogP contribution in [0.2, 0.25) is 0 Å². The third-order valence-corrected chi connectivity index (χ3v) is 2.61. The zero-order chi connectivity index (χ0) is 15.2. The first kappa shape index (κ1) is 15.7. The van der Waals surface area contributed by atoms with Crippen LogP contribution < -0.4 is 15.6 Å². The molecule has 0 radical (unpaired) electrons. The van der Waals surface area contributed by atoms with Crippen LogP contribution >= 0.6 is 0 Å². The van der Waals surface area contributed by atoms with E-state index < -0.39 is 15.9 Å². The van der Waals surface area contributed by atoms with Gasteiger partial charge in [0.2, 0.25) is 15.9 Å². The van der Waals surface area contributed by atoms with Gasteiger partial charge in [-0.3, -0.25) is 25.2 Å². The van der Waals surface area contributed by atoms with Gasteiger partial charge in [-0.1, -0.05) is 12.1 Å². The van der Waals surface area contributed by atoms with E-state index in [4.69, 9.17) is 0 Å². The molecule has 0 atom stereocenters. The molecule has 7 nitrogen and oxygen atoms in total. The minimum absolute atomic E-state index is 0.372. The minimum atomic E-state index is -3.30. The van der Waals surface area contributed by atoms with Crippen molar-refractivity contribution in [2.75, 3.05) is 11.0 Å². The predicted octanol–water partition coefficient (Wildman–Crippen LogP) is 0.239. The Hall–Kier alpha value is -2.35. The first-order valence-corrected chi connectivity index (χ1v) is 7.48. The second-order valence-corrected chi connectivity index (χ2v) is 5.75. The molecular formula is C12H15N3O4S. The Labute approximate surface area is 117 Å². The fourth-order valence-corrected chi connectivity index (χ4v) is 1.80. The molecule has 0 aliphatic rings. The second kappa shape index (κ2) is 6.71. The van der Waals surface area contributed by atoms with Crippen molar-refractivity contribution in [1.29, 1.82) is 0 Å². The third kappa shape index (κ3) is 6.55. The highest BCUT2D eigenvalue weighted by molar-refractivity contribution is 7.92. The molecule has 20 heavy (non-hydrogen) atoms. The van der Waals surface area contributed by atoms with Crippen LogP contribution in [0.25, 0.3) is 6.08 Å². The number of hydrogen-bond donors (Lipinski definition) is 3. The maximum absolute atomic E-state index is 11.3. The second-order valence-electron chi connectivity index (χ2n) is 4.00. The minimum Gasteiger partial charge on any atom is -0.284 e. The van der Waals surface area contributed by atoms with Gasteiger partial charge in [0.25, 0.3) is 5.91 Å². The van der Waals surface area contributed by atoms with Gasteiger partial charge in [0, 0.05) is 18.7 Å². The lowest BCUT2D eigenvalue weighted by Crippen LogP contribution is -2.39. The first-order valence-electron chi connectivity index (χ1n) is 5.59. The SMILES string of the molecule is CC(=O)NNC(=O)/C=C/c1ccc(NS(C)(=O)=O)cc1. The maximum atomic E-state index is 11.3. The zero-order valence-electron chi connectivity index (χ0n) is 11.0. The van der Waals surface area contributed by atoms with Gasteiger partial charge in [-0.2, -0.15) is 0 Å². The van der Waals surface area contributed by atoms with Gasteiger partial charge in [0.1, 0.15) is 0 Å². The molecule has 0 bridgehead atoms. The molecule has 0 aliphatic heterocycles.